The molecule has 0 amide bonds. The molecule has 0 bridgehead atoms. The molecule has 0 aromatic heterocycles. The van der Waals surface area contributed by atoms with Crippen molar-refractivity contribution in [3.05, 3.63) is 30.3 Å². The predicted molar refractivity (Wildman–Crippen MR) is 133 cm³/mol. The molecule has 1 saturated carbocycles. The number of aliphatic hydroxyl groups is 1. The number of methoxy groups -OCH3 is 1. The van der Waals surface area contributed by atoms with Gasteiger partial charge in [0.05, 0.1) is 0 Å². The van der Waals surface area contributed by atoms with Gasteiger partial charge in [-0.3, -0.25) is 0 Å². The van der Waals surface area contributed by atoms with Crippen LogP contribution in [0, 0.1) is 11.8 Å². The monoisotopic (exact) mass is 556 g/mol. The number of ether oxygens (including phenoxy) is 4. The van der Waals surface area contributed by atoms with Crippen molar-refractivity contribution in [2.75, 3.05) is 20.3 Å². The zero-order valence-electron chi connectivity index (χ0n) is 20.9. The Bertz CT molecular complexity index is 768. The second-order valence-electron chi connectivity index (χ2n) is 9.45. The summed E-state index contributed by atoms with van der Waals surface area (Å²) in [6.45, 7) is 2.14. The van der Waals surface area contributed by atoms with Gasteiger partial charge in [-0.15, -0.1) is 0 Å². The molecule has 1 saturated heterocycles. The number of carbonyl (C=O) groups excluding carboxylic acids is 2. The Hall–Kier alpha value is -1.44. The number of benzene rings is 1. The van der Waals surface area contributed by atoms with Gasteiger partial charge in [-0.1, -0.05) is 0 Å². The van der Waals surface area contributed by atoms with Crippen molar-refractivity contribution in [2.24, 2.45) is 11.8 Å². The quantitative estimate of drug-likeness (QED) is 0.227. The average Bonchev–Trinajstić information content (AvgIpc) is 3.18. The summed E-state index contributed by atoms with van der Waals surface area (Å²) in [4.78, 5) is 24.0. The molecule has 1 aliphatic heterocycles. The van der Waals surface area contributed by atoms with Crippen LogP contribution >= 0.6 is 0 Å². The Morgan fingerprint density at radius 2 is 1.91 bits per heavy atom. The molecule has 196 valence electrons. The van der Waals surface area contributed by atoms with E-state index in [2.05, 4.69) is 12.1 Å². The number of carbonyl (C=O) groups is 2. The van der Waals surface area contributed by atoms with E-state index in [1.54, 1.807) is 0 Å². The zero-order valence-corrected chi connectivity index (χ0v) is 22.6. The van der Waals surface area contributed by atoms with E-state index in [4.69, 9.17) is 18.9 Å². The molecule has 8 heteroatoms. The van der Waals surface area contributed by atoms with E-state index in [1.165, 1.54) is 18.5 Å². The predicted octanol–water partition coefficient (Wildman–Crippen LogP) is 3.40. The molecular weight excluding hydrogens is 515 g/mol. The third-order valence-corrected chi connectivity index (χ3v) is 9.59. The van der Waals surface area contributed by atoms with Gasteiger partial charge >= 0.3 is 196 Å². The average molecular weight is 556 g/mol. The van der Waals surface area contributed by atoms with Gasteiger partial charge in [0.2, 0.25) is 0 Å². The third-order valence-electron chi connectivity index (χ3n) is 6.95. The summed E-state index contributed by atoms with van der Waals surface area (Å²) in [5.74, 6) is -0.448. The van der Waals surface area contributed by atoms with E-state index in [-0.39, 0.29) is 68.7 Å². The van der Waals surface area contributed by atoms with Crippen LogP contribution in [0.4, 0.5) is 0 Å². The molecule has 2 unspecified atom stereocenters. The number of unbranched alkanes of at least 4 members (excludes halogenated alkanes) is 2. The van der Waals surface area contributed by atoms with Crippen molar-refractivity contribution in [2.45, 2.75) is 88.0 Å². The topological polar surface area (TPSA) is 91.3 Å². The molecule has 35 heavy (non-hydrogen) atoms. The second kappa shape index (κ2) is 15.0. The number of aliphatic hydroxyl groups excluding tert-OH is 1. The fraction of sp³-hybridized carbons (Fsp3) is 0.704. The summed E-state index contributed by atoms with van der Waals surface area (Å²) < 4.78 is 23.9. The van der Waals surface area contributed by atoms with Gasteiger partial charge < -0.3 is 0 Å². The van der Waals surface area contributed by atoms with Gasteiger partial charge in [-0.25, -0.2) is 0 Å². The van der Waals surface area contributed by atoms with Crippen molar-refractivity contribution in [3.63, 3.8) is 0 Å². The van der Waals surface area contributed by atoms with Crippen LogP contribution in [0.15, 0.2) is 30.3 Å². The van der Waals surface area contributed by atoms with Crippen molar-refractivity contribution in [3.8, 4) is 0 Å². The minimum atomic E-state index is -0.296. The summed E-state index contributed by atoms with van der Waals surface area (Å²) in [6, 6.07) is 10.1. The second-order valence-corrected chi connectivity index (χ2v) is 12.1. The first kappa shape index (κ1) is 28.1. The van der Waals surface area contributed by atoms with Crippen LogP contribution < -0.4 is 4.46 Å². The van der Waals surface area contributed by atoms with E-state index in [9.17, 15) is 14.7 Å². The van der Waals surface area contributed by atoms with Crippen molar-refractivity contribution in [1.82, 2.24) is 0 Å². The number of esters is 2. The fourth-order valence-electron chi connectivity index (χ4n) is 5.21. The molecule has 2 fully saturated rings. The Labute approximate surface area is 215 Å². The molecule has 0 spiro atoms. The molecule has 1 aliphatic carbocycles. The van der Waals surface area contributed by atoms with Gasteiger partial charge in [-0.05, 0) is 12.8 Å². The van der Waals surface area contributed by atoms with E-state index >= 15 is 0 Å². The Balaban J connectivity index is 1.50. The van der Waals surface area contributed by atoms with E-state index < -0.39 is 0 Å². The summed E-state index contributed by atoms with van der Waals surface area (Å²) in [6.07, 6.45) is 7.43. The summed E-state index contributed by atoms with van der Waals surface area (Å²) >= 11 is 0.0357. The first-order chi connectivity index (χ1) is 17.0. The molecule has 3 rings (SSSR count). The first-order valence-corrected chi connectivity index (χ1v) is 14.7. The van der Waals surface area contributed by atoms with Crippen LogP contribution in [0.5, 0.6) is 0 Å². The molecule has 1 aromatic rings. The van der Waals surface area contributed by atoms with E-state index in [0.717, 1.165) is 51.4 Å². The molecule has 7 nitrogen and oxygen atoms in total. The van der Waals surface area contributed by atoms with Crippen molar-refractivity contribution < 1.29 is 33.6 Å². The van der Waals surface area contributed by atoms with Gasteiger partial charge in [0.25, 0.3) is 0 Å². The molecule has 1 aromatic carbocycles. The van der Waals surface area contributed by atoms with Crippen LogP contribution in [-0.4, -0.2) is 70.8 Å². The summed E-state index contributed by atoms with van der Waals surface area (Å²) in [5, 5.41) is 10.2. The van der Waals surface area contributed by atoms with Gasteiger partial charge in [0.15, 0.2) is 0 Å². The van der Waals surface area contributed by atoms with Crippen molar-refractivity contribution >= 4 is 31.4 Å². The first-order valence-electron chi connectivity index (χ1n) is 12.9. The van der Waals surface area contributed by atoms with Crippen LogP contribution in [0.2, 0.25) is 4.82 Å². The van der Waals surface area contributed by atoms with Crippen LogP contribution in [0.25, 0.3) is 0 Å². The summed E-state index contributed by atoms with van der Waals surface area (Å²) in [5.41, 5.74) is 0. The van der Waals surface area contributed by atoms with Crippen molar-refractivity contribution in [1.29, 1.82) is 0 Å². The van der Waals surface area contributed by atoms with Crippen LogP contribution in [0.3, 0.4) is 0 Å². The maximum absolute atomic E-state index is 12.3. The number of rotatable bonds is 13. The Morgan fingerprint density at radius 3 is 2.57 bits per heavy atom. The molecule has 2 aliphatic rings. The number of hydrogen-bond acceptors (Lipinski definition) is 7. The standard InChI is InChI=1S/C27H40O7Se/c1-19(29)33-23-17-24(34-26-15-9-10-16-32-26)22(18-28)21(23)13-7-4-8-14-25(27(30)31-2)35-20-11-5-3-6-12-20/h3,5-6,11-12,21-26,28H,4,7-10,13-18H2,1-2H3/t21-,22-,23+,24-,25?,26?/m1/s1. The molecule has 6 atom stereocenters. The van der Waals surface area contributed by atoms with Crippen LogP contribution in [-0.2, 0) is 28.5 Å². The normalized spacial score (nSPS) is 27.3. The molecular formula is C27H40O7Se. The SMILES string of the molecule is COC(=O)C(CCCCC[C@@H]1[C@@H](CO)[C@H](OC2CCCCO2)C[C@@H]1OC(C)=O)[Se]c1ccccc1. The molecule has 0 radical (unpaired) electrons. The van der Waals surface area contributed by atoms with Gasteiger partial charge in [-0.2, -0.15) is 0 Å². The Kier molecular flexibility index (Phi) is 12.0. The van der Waals surface area contributed by atoms with E-state index in [1.807, 2.05) is 18.2 Å². The zero-order chi connectivity index (χ0) is 25.0. The minimum absolute atomic E-state index is 0.00380. The van der Waals surface area contributed by atoms with E-state index in [0.29, 0.717) is 13.0 Å². The van der Waals surface area contributed by atoms with Crippen LogP contribution in [0.1, 0.15) is 64.7 Å². The summed E-state index contributed by atoms with van der Waals surface area (Å²) in [7, 11) is 1.46. The maximum atomic E-state index is 12.3. The van der Waals surface area contributed by atoms with Gasteiger partial charge in [0, 0.05) is 6.61 Å². The molecule has 1 heterocycles. The van der Waals surface area contributed by atoms with Gasteiger partial charge in [0.1, 0.15) is 0 Å². The Morgan fingerprint density at radius 1 is 1.11 bits per heavy atom. The third kappa shape index (κ3) is 8.87. The molecule has 1 N–H and O–H groups in total. The number of hydrogen-bond donors (Lipinski definition) is 1. The fourth-order valence-corrected chi connectivity index (χ4v) is 7.56.